The molecule has 1 atom stereocenters. The van der Waals surface area contributed by atoms with Gasteiger partial charge >= 0.3 is 6.18 Å². The molecule has 3 aromatic carbocycles. The highest BCUT2D eigenvalue weighted by Gasteiger charge is 2.36. The predicted octanol–water partition coefficient (Wildman–Crippen LogP) is 6.54. The van der Waals surface area contributed by atoms with E-state index >= 15 is 0 Å². The van der Waals surface area contributed by atoms with Crippen LogP contribution in [0.1, 0.15) is 37.8 Å². The molecular formula is C29H30Cl2F3N3O4S. The van der Waals surface area contributed by atoms with E-state index in [1.54, 1.807) is 31.2 Å². The third-order valence-corrected chi connectivity index (χ3v) is 8.89. The van der Waals surface area contributed by atoms with E-state index in [1.807, 2.05) is 6.92 Å². The molecule has 3 aromatic rings. The number of hydrogen-bond donors (Lipinski definition) is 1. The van der Waals surface area contributed by atoms with Gasteiger partial charge < -0.3 is 10.2 Å². The van der Waals surface area contributed by atoms with Crippen LogP contribution >= 0.6 is 23.2 Å². The van der Waals surface area contributed by atoms with Gasteiger partial charge in [0.1, 0.15) is 12.6 Å². The quantitative estimate of drug-likeness (QED) is 0.243. The van der Waals surface area contributed by atoms with E-state index in [1.165, 1.54) is 30.3 Å². The lowest BCUT2D eigenvalue weighted by Crippen LogP contribution is -2.52. The number of nitrogens with one attached hydrogen (secondary N) is 1. The Bertz CT molecular complexity index is 1490. The van der Waals surface area contributed by atoms with E-state index in [-0.39, 0.29) is 33.6 Å². The maximum absolute atomic E-state index is 14.0. The molecule has 0 radical (unpaired) electrons. The minimum absolute atomic E-state index is 0.151. The van der Waals surface area contributed by atoms with Crippen molar-refractivity contribution in [2.45, 2.75) is 50.3 Å². The topological polar surface area (TPSA) is 86.8 Å². The average molecular weight is 645 g/mol. The highest BCUT2D eigenvalue weighted by atomic mass is 35.5. The molecule has 0 aliphatic rings. The van der Waals surface area contributed by atoms with Gasteiger partial charge in [-0.1, -0.05) is 67.4 Å². The Morgan fingerprint density at radius 1 is 0.929 bits per heavy atom. The molecule has 0 unspecified atom stereocenters. The summed E-state index contributed by atoms with van der Waals surface area (Å²) < 4.78 is 68.9. The second-order valence-corrected chi connectivity index (χ2v) is 12.0. The van der Waals surface area contributed by atoms with E-state index in [2.05, 4.69) is 5.32 Å². The molecule has 0 aromatic heterocycles. The van der Waals surface area contributed by atoms with Crippen molar-refractivity contribution >= 4 is 50.7 Å². The molecule has 0 saturated carbocycles. The number of amides is 2. The Morgan fingerprint density at radius 2 is 1.55 bits per heavy atom. The molecule has 0 bridgehead atoms. The first kappa shape index (κ1) is 33.2. The van der Waals surface area contributed by atoms with Crippen molar-refractivity contribution in [2.75, 3.05) is 17.4 Å². The smallest absolute Gasteiger partial charge is 0.354 e. The summed E-state index contributed by atoms with van der Waals surface area (Å²) in [5, 5.41) is 3.18. The Labute approximate surface area is 253 Å². The molecule has 0 saturated heterocycles. The fraction of sp³-hybridized carbons (Fsp3) is 0.310. The van der Waals surface area contributed by atoms with Crippen LogP contribution in [-0.2, 0) is 32.3 Å². The van der Waals surface area contributed by atoms with E-state index < -0.39 is 46.2 Å². The van der Waals surface area contributed by atoms with Gasteiger partial charge in [0.25, 0.3) is 10.0 Å². The van der Waals surface area contributed by atoms with E-state index in [0.717, 1.165) is 17.0 Å². The van der Waals surface area contributed by atoms with Crippen LogP contribution in [0.5, 0.6) is 0 Å². The van der Waals surface area contributed by atoms with Crippen LogP contribution < -0.4 is 9.62 Å². The number of sulfonamides is 1. The average Bonchev–Trinajstić information content (AvgIpc) is 2.96. The summed E-state index contributed by atoms with van der Waals surface area (Å²) in [5.41, 5.74) is -1.14. The first-order chi connectivity index (χ1) is 19.8. The lowest BCUT2D eigenvalue weighted by atomic mass is 10.1. The summed E-state index contributed by atoms with van der Waals surface area (Å²) in [6.07, 6.45) is -3.98. The SMILES string of the molecule is CCCNC(=O)[C@H](CC)N(Cc1c(Cl)cccc1Cl)C(=O)CN(c1cccc(C(F)(F)F)c1)S(=O)(=O)c1ccccc1. The lowest BCUT2D eigenvalue weighted by molar-refractivity contribution is -0.140. The Balaban J connectivity index is 2.14. The number of nitrogens with zero attached hydrogens (tertiary/aromatic N) is 2. The minimum atomic E-state index is -4.76. The number of halogens is 5. The molecule has 1 N–H and O–H groups in total. The standard InChI is InChI=1S/C29H30Cl2F3N3O4S/c1-3-16-35-28(39)26(4-2)36(18-23-24(30)14-9-15-25(23)31)27(38)19-37(42(40,41)22-12-6-5-7-13-22)21-11-8-10-20(17-21)29(32,33)34/h5-15,17,26H,3-4,16,18-19H2,1-2H3,(H,35,39)/t26-/m0/s1. The zero-order chi connectivity index (χ0) is 31.1. The molecule has 0 heterocycles. The van der Waals surface area contributed by atoms with E-state index in [4.69, 9.17) is 23.2 Å². The normalized spacial score (nSPS) is 12.5. The van der Waals surface area contributed by atoms with Crippen LogP contribution in [-0.4, -0.2) is 44.3 Å². The van der Waals surface area contributed by atoms with Crippen molar-refractivity contribution in [3.05, 3.63) is 94.0 Å². The number of carbonyl (C=O) groups is 2. The molecule has 13 heteroatoms. The Kier molecular flexibility index (Phi) is 11.3. The number of hydrogen-bond acceptors (Lipinski definition) is 4. The van der Waals surface area contributed by atoms with Crippen molar-refractivity contribution in [3.63, 3.8) is 0 Å². The van der Waals surface area contributed by atoms with E-state index in [9.17, 15) is 31.2 Å². The van der Waals surface area contributed by atoms with Gasteiger partial charge in [-0.2, -0.15) is 13.2 Å². The first-order valence-electron chi connectivity index (χ1n) is 13.1. The van der Waals surface area contributed by atoms with Crippen molar-refractivity contribution < 1.29 is 31.2 Å². The van der Waals surface area contributed by atoms with Crippen molar-refractivity contribution in [1.29, 1.82) is 0 Å². The highest BCUT2D eigenvalue weighted by molar-refractivity contribution is 7.92. The van der Waals surface area contributed by atoms with Crippen LogP contribution in [0.3, 0.4) is 0 Å². The zero-order valence-electron chi connectivity index (χ0n) is 22.9. The number of alkyl halides is 3. The van der Waals surface area contributed by atoms with Crippen LogP contribution in [0.25, 0.3) is 0 Å². The summed E-state index contributed by atoms with van der Waals surface area (Å²) in [6, 6.07) is 14.4. The number of benzene rings is 3. The number of rotatable bonds is 12. The van der Waals surface area contributed by atoms with Gasteiger partial charge in [0, 0.05) is 28.7 Å². The van der Waals surface area contributed by atoms with Gasteiger partial charge in [-0.05, 0) is 55.3 Å². The maximum atomic E-state index is 14.0. The molecule has 7 nitrogen and oxygen atoms in total. The summed E-state index contributed by atoms with van der Waals surface area (Å²) >= 11 is 12.7. The largest absolute Gasteiger partial charge is 0.416 e. The van der Waals surface area contributed by atoms with Gasteiger partial charge in [-0.3, -0.25) is 13.9 Å². The zero-order valence-corrected chi connectivity index (χ0v) is 25.2. The summed E-state index contributed by atoms with van der Waals surface area (Å²) in [7, 11) is -4.54. The first-order valence-corrected chi connectivity index (χ1v) is 15.3. The van der Waals surface area contributed by atoms with Gasteiger partial charge in [-0.25, -0.2) is 8.42 Å². The maximum Gasteiger partial charge on any atom is 0.416 e. The summed E-state index contributed by atoms with van der Waals surface area (Å²) in [4.78, 5) is 28.1. The molecule has 226 valence electrons. The number of carbonyl (C=O) groups excluding carboxylic acids is 2. The summed E-state index contributed by atoms with van der Waals surface area (Å²) in [5.74, 6) is -1.33. The van der Waals surface area contributed by atoms with Gasteiger partial charge in [0.2, 0.25) is 11.8 Å². The minimum Gasteiger partial charge on any atom is -0.354 e. The van der Waals surface area contributed by atoms with Crippen molar-refractivity contribution in [1.82, 2.24) is 10.2 Å². The van der Waals surface area contributed by atoms with Crippen LogP contribution in [0, 0.1) is 0 Å². The highest BCUT2D eigenvalue weighted by Crippen LogP contribution is 2.34. The number of anilines is 1. The second kappa shape index (κ2) is 14.3. The molecule has 0 fully saturated rings. The molecule has 0 aliphatic heterocycles. The molecular weight excluding hydrogens is 614 g/mol. The fourth-order valence-electron chi connectivity index (χ4n) is 4.23. The van der Waals surface area contributed by atoms with Crippen LogP contribution in [0.2, 0.25) is 10.0 Å². The third kappa shape index (κ3) is 7.96. The molecule has 3 rings (SSSR count). The van der Waals surface area contributed by atoms with Crippen molar-refractivity contribution in [2.24, 2.45) is 0 Å². The fourth-order valence-corrected chi connectivity index (χ4v) is 6.17. The predicted molar refractivity (Wildman–Crippen MR) is 157 cm³/mol. The van der Waals surface area contributed by atoms with Crippen LogP contribution in [0.4, 0.5) is 18.9 Å². The third-order valence-electron chi connectivity index (χ3n) is 6.40. The summed E-state index contributed by atoms with van der Waals surface area (Å²) in [6.45, 7) is 2.71. The Hall–Kier alpha value is -3.28. The van der Waals surface area contributed by atoms with Crippen molar-refractivity contribution in [3.8, 4) is 0 Å². The van der Waals surface area contributed by atoms with E-state index in [0.29, 0.717) is 28.9 Å². The Morgan fingerprint density at radius 3 is 2.12 bits per heavy atom. The molecule has 42 heavy (non-hydrogen) atoms. The lowest BCUT2D eigenvalue weighted by Gasteiger charge is -2.33. The second-order valence-electron chi connectivity index (χ2n) is 9.31. The molecule has 2 amide bonds. The molecule has 0 spiro atoms. The monoisotopic (exact) mass is 643 g/mol. The van der Waals surface area contributed by atoms with Gasteiger partial charge in [-0.15, -0.1) is 0 Å². The van der Waals surface area contributed by atoms with Gasteiger partial charge in [0.05, 0.1) is 16.1 Å². The van der Waals surface area contributed by atoms with Gasteiger partial charge in [0.15, 0.2) is 0 Å². The molecule has 0 aliphatic carbocycles. The van der Waals surface area contributed by atoms with Crippen LogP contribution in [0.15, 0.2) is 77.7 Å².